The minimum absolute atomic E-state index is 0.257. The molecule has 0 aliphatic rings. The number of anilines is 1. The summed E-state index contributed by atoms with van der Waals surface area (Å²) in [6, 6.07) is 30.9. The van der Waals surface area contributed by atoms with E-state index in [9.17, 15) is 0 Å². The number of benzene rings is 3. The van der Waals surface area contributed by atoms with E-state index >= 15 is 0 Å². The summed E-state index contributed by atoms with van der Waals surface area (Å²) in [7, 11) is 0. The fourth-order valence-corrected chi connectivity index (χ4v) is 3.37. The lowest BCUT2D eigenvalue weighted by molar-refractivity contribution is 0.460. The van der Waals surface area contributed by atoms with Crippen molar-refractivity contribution in [2.45, 2.75) is 5.54 Å². The van der Waals surface area contributed by atoms with Crippen molar-refractivity contribution in [3.8, 4) is 0 Å². The van der Waals surface area contributed by atoms with Gasteiger partial charge in [0.15, 0.2) is 0 Å². The van der Waals surface area contributed by atoms with Crippen molar-refractivity contribution in [2.75, 3.05) is 5.73 Å². The Morgan fingerprint density at radius 3 is 1.36 bits per heavy atom. The summed E-state index contributed by atoms with van der Waals surface area (Å²) < 4.78 is 1.85. The molecule has 2 N–H and O–H groups in total. The third-order valence-electron chi connectivity index (χ3n) is 4.43. The SMILES string of the molecule is Nc1ncn(C(c2ccccc2)(c2ccccc2)c2ccccc2)n1. The number of nitrogens with zero attached hydrogens (tertiary/aromatic N) is 3. The standard InChI is InChI=1S/C21H18N4/c22-20-23-16-25(24-20)21(17-10-4-1-5-11-17,18-12-6-2-7-13-18)19-14-8-3-9-15-19/h1-16H,(H2,22,24). The van der Waals surface area contributed by atoms with E-state index in [-0.39, 0.29) is 5.95 Å². The zero-order valence-corrected chi connectivity index (χ0v) is 13.7. The molecule has 0 bridgehead atoms. The number of aromatic nitrogens is 3. The minimum atomic E-state index is -0.644. The molecule has 1 aromatic heterocycles. The van der Waals surface area contributed by atoms with Crippen LogP contribution in [0, 0.1) is 0 Å². The number of rotatable bonds is 4. The van der Waals surface area contributed by atoms with Crippen LogP contribution in [0.15, 0.2) is 97.3 Å². The van der Waals surface area contributed by atoms with Gasteiger partial charge in [-0.1, -0.05) is 91.0 Å². The molecule has 0 fully saturated rings. The van der Waals surface area contributed by atoms with Crippen LogP contribution in [0.3, 0.4) is 0 Å². The van der Waals surface area contributed by atoms with Gasteiger partial charge in [0.2, 0.25) is 5.95 Å². The monoisotopic (exact) mass is 326 g/mol. The van der Waals surface area contributed by atoms with Gasteiger partial charge in [0.05, 0.1) is 0 Å². The molecule has 0 amide bonds. The summed E-state index contributed by atoms with van der Waals surface area (Å²) in [6.07, 6.45) is 1.70. The average molecular weight is 326 g/mol. The quantitative estimate of drug-likeness (QED) is 0.582. The van der Waals surface area contributed by atoms with Crippen LogP contribution in [0.25, 0.3) is 0 Å². The van der Waals surface area contributed by atoms with Crippen LogP contribution >= 0.6 is 0 Å². The predicted octanol–water partition coefficient (Wildman–Crippen LogP) is 3.70. The van der Waals surface area contributed by atoms with Gasteiger partial charge in [-0.25, -0.2) is 9.67 Å². The van der Waals surface area contributed by atoms with Crippen LogP contribution in [0.2, 0.25) is 0 Å². The topological polar surface area (TPSA) is 56.7 Å². The molecule has 122 valence electrons. The Kier molecular flexibility index (Phi) is 3.78. The largest absolute Gasteiger partial charge is 0.367 e. The third-order valence-corrected chi connectivity index (χ3v) is 4.43. The molecule has 25 heavy (non-hydrogen) atoms. The van der Waals surface area contributed by atoms with Crippen LogP contribution in [0.4, 0.5) is 5.95 Å². The van der Waals surface area contributed by atoms with E-state index < -0.39 is 5.54 Å². The third kappa shape index (κ3) is 2.48. The van der Waals surface area contributed by atoms with Crippen molar-refractivity contribution in [3.63, 3.8) is 0 Å². The normalized spacial score (nSPS) is 11.4. The first kappa shape index (κ1) is 15.1. The maximum atomic E-state index is 5.87. The molecule has 0 aliphatic carbocycles. The fraction of sp³-hybridized carbons (Fsp3) is 0.0476. The van der Waals surface area contributed by atoms with Gasteiger partial charge in [-0.3, -0.25) is 0 Å². The van der Waals surface area contributed by atoms with E-state index in [4.69, 9.17) is 5.73 Å². The molecule has 4 heteroatoms. The molecule has 0 atom stereocenters. The highest BCUT2D eigenvalue weighted by Crippen LogP contribution is 2.40. The Bertz CT molecular complexity index is 850. The Labute approximate surface area is 146 Å². The summed E-state index contributed by atoms with van der Waals surface area (Å²) in [5.74, 6) is 0.257. The van der Waals surface area contributed by atoms with Crippen molar-refractivity contribution in [2.24, 2.45) is 0 Å². The summed E-state index contributed by atoms with van der Waals surface area (Å²) in [5, 5.41) is 4.50. The van der Waals surface area contributed by atoms with Crippen LogP contribution in [-0.2, 0) is 5.54 Å². The predicted molar refractivity (Wildman–Crippen MR) is 99.0 cm³/mol. The first-order valence-electron chi connectivity index (χ1n) is 8.16. The first-order valence-corrected chi connectivity index (χ1v) is 8.16. The second kappa shape index (κ2) is 6.24. The first-order chi connectivity index (χ1) is 12.3. The Balaban J connectivity index is 2.12. The highest BCUT2D eigenvalue weighted by atomic mass is 15.4. The van der Waals surface area contributed by atoms with E-state index in [0.29, 0.717) is 0 Å². The second-order valence-corrected chi connectivity index (χ2v) is 5.86. The zero-order chi connectivity index (χ0) is 17.1. The van der Waals surface area contributed by atoms with E-state index in [1.165, 1.54) is 0 Å². The molecule has 4 nitrogen and oxygen atoms in total. The van der Waals surface area contributed by atoms with E-state index in [1.54, 1.807) is 6.33 Å². The lowest BCUT2D eigenvalue weighted by Gasteiger charge is -2.35. The summed E-state index contributed by atoms with van der Waals surface area (Å²) in [5.41, 5.74) is 8.51. The smallest absolute Gasteiger partial charge is 0.239 e. The van der Waals surface area contributed by atoms with Gasteiger partial charge in [0.1, 0.15) is 11.9 Å². The summed E-state index contributed by atoms with van der Waals surface area (Å²) in [6.45, 7) is 0. The molecule has 0 radical (unpaired) electrons. The summed E-state index contributed by atoms with van der Waals surface area (Å²) >= 11 is 0. The molecule has 0 unspecified atom stereocenters. The van der Waals surface area contributed by atoms with Crippen LogP contribution in [0.5, 0.6) is 0 Å². The molecule has 0 spiro atoms. The number of nitrogens with two attached hydrogens (primary N) is 1. The molecule has 1 heterocycles. The Morgan fingerprint density at radius 1 is 0.640 bits per heavy atom. The molecule has 0 saturated heterocycles. The van der Waals surface area contributed by atoms with E-state index in [0.717, 1.165) is 16.7 Å². The van der Waals surface area contributed by atoms with Crippen molar-refractivity contribution in [1.29, 1.82) is 0 Å². The lowest BCUT2D eigenvalue weighted by Crippen LogP contribution is -2.38. The van der Waals surface area contributed by atoms with Crippen molar-refractivity contribution in [3.05, 3.63) is 114 Å². The number of hydrogen-bond donors (Lipinski definition) is 1. The van der Waals surface area contributed by atoms with Crippen molar-refractivity contribution in [1.82, 2.24) is 14.8 Å². The fourth-order valence-electron chi connectivity index (χ4n) is 3.37. The van der Waals surface area contributed by atoms with Gasteiger partial charge < -0.3 is 5.73 Å². The van der Waals surface area contributed by atoms with Crippen LogP contribution in [-0.4, -0.2) is 14.8 Å². The average Bonchev–Trinajstić information content (AvgIpc) is 3.12. The Morgan fingerprint density at radius 2 is 1.04 bits per heavy atom. The molecule has 4 aromatic rings. The number of hydrogen-bond acceptors (Lipinski definition) is 3. The molecule has 0 aliphatic heterocycles. The maximum Gasteiger partial charge on any atom is 0.239 e. The highest BCUT2D eigenvalue weighted by Gasteiger charge is 2.39. The maximum absolute atomic E-state index is 5.87. The summed E-state index contributed by atoms with van der Waals surface area (Å²) in [4.78, 5) is 4.19. The number of nitrogen functional groups attached to an aromatic ring is 1. The van der Waals surface area contributed by atoms with Gasteiger partial charge >= 0.3 is 0 Å². The molecular weight excluding hydrogens is 308 g/mol. The minimum Gasteiger partial charge on any atom is -0.367 e. The molecular formula is C21H18N4. The van der Waals surface area contributed by atoms with Gasteiger partial charge in [-0.05, 0) is 16.7 Å². The van der Waals surface area contributed by atoms with Crippen LogP contribution < -0.4 is 5.73 Å². The van der Waals surface area contributed by atoms with E-state index in [1.807, 2.05) is 59.3 Å². The van der Waals surface area contributed by atoms with Gasteiger partial charge in [-0.15, -0.1) is 5.10 Å². The lowest BCUT2D eigenvalue weighted by atomic mass is 9.77. The highest BCUT2D eigenvalue weighted by molar-refractivity contribution is 5.50. The van der Waals surface area contributed by atoms with Gasteiger partial charge in [-0.2, -0.15) is 0 Å². The molecule has 0 saturated carbocycles. The zero-order valence-electron chi connectivity index (χ0n) is 13.7. The van der Waals surface area contributed by atoms with E-state index in [2.05, 4.69) is 46.5 Å². The van der Waals surface area contributed by atoms with Gasteiger partial charge in [0, 0.05) is 0 Å². The van der Waals surface area contributed by atoms with Gasteiger partial charge in [0.25, 0.3) is 0 Å². The van der Waals surface area contributed by atoms with Crippen molar-refractivity contribution >= 4 is 5.95 Å². The Hall–Kier alpha value is -3.40. The van der Waals surface area contributed by atoms with Crippen molar-refractivity contribution < 1.29 is 0 Å². The molecule has 3 aromatic carbocycles. The second-order valence-electron chi connectivity index (χ2n) is 5.86. The van der Waals surface area contributed by atoms with Crippen LogP contribution in [0.1, 0.15) is 16.7 Å². The molecule has 4 rings (SSSR count).